The number of hydrogen-bond donors (Lipinski definition) is 1. The molecule has 0 saturated heterocycles. The minimum absolute atomic E-state index is 0.368. The van der Waals surface area contributed by atoms with Gasteiger partial charge in [-0.2, -0.15) is 5.10 Å². The van der Waals surface area contributed by atoms with Gasteiger partial charge in [0, 0.05) is 18.9 Å². The van der Waals surface area contributed by atoms with Crippen LogP contribution < -0.4 is 0 Å². The minimum atomic E-state index is -0.368. The molecule has 0 aromatic carbocycles. The van der Waals surface area contributed by atoms with Crippen molar-refractivity contribution in [1.29, 1.82) is 0 Å². The molecule has 2 fully saturated rings. The molecular formula is C13H20N2O. The van der Waals surface area contributed by atoms with Gasteiger partial charge in [-0.05, 0) is 56.4 Å². The van der Waals surface area contributed by atoms with Gasteiger partial charge in [0.1, 0.15) is 0 Å². The van der Waals surface area contributed by atoms with E-state index in [4.69, 9.17) is 0 Å². The van der Waals surface area contributed by atoms with Crippen LogP contribution >= 0.6 is 0 Å². The van der Waals surface area contributed by atoms with Gasteiger partial charge in [-0.1, -0.05) is 0 Å². The summed E-state index contributed by atoms with van der Waals surface area (Å²) in [4.78, 5) is 0. The quantitative estimate of drug-likeness (QED) is 0.845. The van der Waals surface area contributed by atoms with Crippen molar-refractivity contribution in [2.75, 3.05) is 0 Å². The number of fused-ring (bicyclic) bond motifs is 2. The van der Waals surface area contributed by atoms with Crippen molar-refractivity contribution in [2.24, 2.45) is 18.9 Å². The molecular weight excluding hydrogens is 200 g/mol. The van der Waals surface area contributed by atoms with Crippen LogP contribution in [0.5, 0.6) is 0 Å². The number of nitrogens with zero attached hydrogens (tertiary/aromatic N) is 2. The number of hydrogen-bond acceptors (Lipinski definition) is 2. The third kappa shape index (κ3) is 1.58. The molecule has 2 bridgehead atoms. The Balaban J connectivity index is 1.65. The molecule has 2 aliphatic rings. The molecule has 3 atom stereocenters. The van der Waals surface area contributed by atoms with Gasteiger partial charge in [0.25, 0.3) is 0 Å². The molecule has 16 heavy (non-hydrogen) atoms. The highest BCUT2D eigenvalue weighted by molar-refractivity contribution is 5.06. The molecule has 2 saturated carbocycles. The fourth-order valence-corrected chi connectivity index (χ4v) is 3.71. The summed E-state index contributed by atoms with van der Waals surface area (Å²) in [6, 6.07) is 2.05. The second-order valence-corrected chi connectivity index (χ2v) is 5.63. The van der Waals surface area contributed by atoms with E-state index in [1.807, 2.05) is 17.9 Å². The number of aliphatic hydroxyl groups is 1. The summed E-state index contributed by atoms with van der Waals surface area (Å²) in [5.74, 6) is 1.38. The highest BCUT2D eigenvalue weighted by Crippen LogP contribution is 2.52. The van der Waals surface area contributed by atoms with Crippen LogP contribution in [-0.2, 0) is 13.5 Å². The summed E-state index contributed by atoms with van der Waals surface area (Å²) in [5.41, 5.74) is 0.865. The number of aromatic nitrogens is 2. The van der Waals surface area contributed by atoms with E-state index in [1.54, 1.807) is 0 Å². The fourth-order valence-electron chi connectivity index (χ4n) is 3.71. The van der Waals surface area contributed by atoms with E-state index in [1.165, 1.54) is 25.0 Å². The van der Waals surface area contributed by atoms with E-state index in [-0.39, 0.29) is 5.60 Å². The van der Waals surface area contributed by atoms with Crippen molar-refractivity contribution < 1.29 is 5.11 Å². The Kier molecular flexibility index (Phi) is 2.32. The smallest absolute Gasteiger partial charge is 0.0682 e. The van der Waals surface area contributed by atoms with Crippen LogP contribution in [0.15, 0.2) is 12.3 Å². The normalized spacial score (nSPS) is 37.1. The zero-order valence-electron chi connectivity index (χ0n) is 9.89. The van der Waals surface area contributed by atoms with Crippen LogP contribution in [0.2, 0.25) is 0 Å². The summed E-state index contributed by atoms with van der Waals surface area (Å²) in [7, 11) is 1.97. The van der Waals surface area contributed by atoms with Gasteiger partial charge in [0.2, 0.25) is 0 Å². The molecule has 3 heteroatoms. The first kappa shape index (κ1) is 10.3. The van der Waals surface area contributed by atoms with Crippen molar-refractivity contribution in [3.05, 3.63) is 18.0 Å². The highest BCUT2D eigenvalue weighted by Gasteiger charge is 2.49. The first-order valence-corrected chi connectivity index (χ1v) is 6.37. The molecule has 1 heterocycles. The zero-order valence-corrected chi connectivity index (χ0v) is 9.89. The van der Waals surface area contributed by atoms with Crippen LogP contribution in [-0.4, -0.2) is 20.5 Å². The summed E-state index contributed by atoms with van der Waals surface area (Å²) in [6.45, 7) is 0. The Morgan fingerprint density at radius 1 is 1.56 bits per heavy atom. The Morgan fingerprint density at radius 2 is 2.44 bits per heavy atom. The maximum absolute atomic E-state index is 10.6. The van der Waals surface area contributed by atoms with Crippen molar-refractivity contribution in [2.45, 2.75) is 44.1 Å². The molecule has 0 spiro atoms. The summed E-state index contributed by atoms with van der Waals surface area (Å²) < 4.78 is 1.91. The third-order valence-corrected chi connectivity index (χ3v) is 4.68. The second kappa shape index (κ2) is 3.59. The van der Waals surface area contributed by atoms with Crippen molar-refractivity contribution in [3.63, 3.8) is 0 Å². The first-order chi connectivity index (χ1) is 7.67. The largest absolute Gasteiger partial charge is 0.390 e. The summed E-state index contributed by atoms with van der Waals surface area (Å²) in [6.07, 6.45) is 8.59. The molecule has 3 nitrogen and oxygen atoms in total. The minimum Gasteiger partial charge on any atom is -0.390 e. The maximum Gasteiger partial charge on any atom is 0.0682 e. The van der Waals surface area contributed by atoms with Crippen LogP contribution in [0, 0.1) is 11.8 Å². The summed E-state index contributed by atoms with van der Waals surface area (Å²) >= 11 is 0. The monoisotopic (exact) mass is 220 g/mol. The SMILES string of the molecule is Cn1nccc1CCC1(O)CC2CCC1C2. The summed E-state index contributed by atoms with van der Waals surface area (Å²) in [5, 5.41) is 14.8. The first-order valence-electron chi connectivity index (χ1n) is 6.37. The predicted octanol–water partition coefficient (Wildman–Crippen LogP) is 1.90. The Labute approximate surface area is 96.5 Å². The van der Waals surface area contributed by atoms with E-state index in [0.29, 0.717) is 5.92 Å². The lowest BCUT2D eigenvalue weighted by Gasteiger charge is -2.32. The van der Waals surface area contributed by atoms with E-state index in [0.717, 1.165) is 25.2 Å². The molecule has 3 rings (SSSR count). The Morgan fingerprint density at radius 3 is 3.00 bits per heavy atom. The van der Waals surface area contributed by atoms with E-state index in [2.05, 4.69) is 11.2 Å². The molecule has 0 aliphatic heterocycles. The molecule has 1 aromatic heterocycles. The van der Waals surface area contributed by atoms with Crippen LogP contribution in [0.4, 0.5) is 0 Å². The maximum atomic E-state index is 10.6. The molecule has 1 aromatic rings. The molecule has 0 amide bonds. The van der Waals surface area contributed by atoms with Crippen LogP contribution in [0.25, 0.3) is 0 Å². The van der Waals surface area contributed by atoms with Gasteiger partial charge in [0.05, 0.1) is 5.60 Å². The van der Waals surface area contributed by atoms with Crippen molar-refractivity contribution in [1.82, 2.24) is 9.78 Å². The van der Waals surface area contributed by atoms with Gasteiger partial charge in [-0.25, -0.2) is 0 Å². The second-order valence-electron chi connectivity index (χ2n) is 5.63. The van der Waals surface area contributed by atoms with Crippen molar-refractivity contribution >= 4 is 0 Å². The van der Waals surface area contributed by atoms with Gasteiger partial charge < -0.3 is 5.11 Å². The lowest BCUT2D eigenvalue weighted by atomic mass is 9.80. The van der Waals surface area contributed by atoms with E-state index < -0.39 is 0 Å². The van der Waals surface area contributed by atoms with E-state index >= 15 is 0 Å². The standard InChI is InChI=1S/C13H20N2O/c1-15-12(5-7-14-15)4-6-13(16)9-10-2-3-11(13)8-10/h5,7,10-11,16H,2-4,6,8-9H2,1H3. The van der Waals surface area contributed by atoms with E-state index in [9.17, 15) is 5.11 Å². The average Bonchev–Trinajstić information content (AvgIpc) is 2.91. The lowest BCUT2D eigenvalue weighted by Crippen LogP contribution is -2.35. The lowest BCUT2D eigenvalue weighted by molar-refractivity contribution is -0.0205. The Hall–Kier alpha value is -0.830. The molecule has 2 aliphatic carbocycles. The van der Waals surface area contributed by atoms with Gasteiger partial charge >= 0.3 is 0 Å². The molecule has 88 valence electrons. The zero-order chi connectivity index (χ0) is 11.2. The van der Waals surface area contributed by atoms with Gasteiger partial charge in [-0.3, -0.25) is 4.68 Å². The molecule has 1 N–H and O–H groups in total. The van der Waals surface area contributed by atoms with Crippen molar-refractivity contribution in [3.8, 4) is 0 Å². The Bertz CT molecular complexity index is 387. The topological polar surface area (TPSA) is 38.0 Å². The fraction of sp³-hybridized carbons (Fsp3) is 0.769. The highest BCUT2D eigenvalue weighted by atomic mass is 16.3. The number of aryl methyl sites for hydroxylation is 2. The predicted molar refractivity (Wildman–Crippen MR) is 61.9 cm³/mol. The average molecular weight is 220 g/mol. The molecule has 0 radical (unpaired) electrons. The number of rotatable bonds is 3. The van der Waals surface area contributed by atoms with Crippen LogP contribution in [0.1, 0.15) is 37.8 Å². The van der Waals surface area contributed by atoms with Crippen LogP contribution in [0.3, 0.4) is 0 Å². The third-order valence-electron chi connectivity index (χ3n) is 4.68. The van der Waals surface area contributed by atoms with Gasteiger partial charge in [-0.15, -0.1) is 0 Å². The molecule has 3 unspecified atom stereocenters. The van der Waals surface area contributed by atoms with Gasteiger partial charge in [0.15, 0.2) is 0 Å².